The molecule has 1 heterocycles. The number of nitrogens with zero attached hydrogens (tertiary/aromatic N) is 1. The van der Waals surface area contributed by atoms with E-state index in [0.29, 0.717) is 6.04 Å². The topological polar surface area (TPSA) is 24.5 Å². The van der Waals surface area contributed by atoms with E-state index >= 15 is 0 Å². The molecule has 1 unspecified atom stereocenters. The lowest BCUT2D eigenvalue weighted by Gasteiger charge is -2.19. The van der Waals surface area contributed by atoms with Crippen molar-refractivity contribution in [2.45, 2.75) is 19.4 Å². The van der Waals surface area contributed by atoms with Crippen molar-refractivity contribution in [2.75, 3.05) is 31.6 Å². The van der Waals surface area contributed by atoms with E-state index in [1.54, 1.807) is 7.11 Å². The zero-order valence-corrected chi connectivity index (χ0v) is 12.0. The first-order chi connectivity index (χ1) is 8.24. The number of methoxy groups -OCH3 is 1. The molecule has 1 aliphatic heterocycles. The van der Waals surface area contributed by atoms with Gasteiger partial charge in [0.05, 0.1) is 11.6 Å². The lowest BCUT2D eigenvalue weighted by atomic mass is 10.2. The summed E-state index contributed by atoms with van der Waals surface area (Å²) in [5, 5.41) is 3.50. The average molecular weight is 299 g/mol. The van der Waals surface area contributed by atoms with Crippen LogP contribution in [0.2, 0.25) is 0 Å². The van der Waals surface area contributed by atoms with Crippen molar-refractivity contribution in [1.29, 1.82) is 0 Å². The zero-order chi connectivity index (χ0) is 12.3. The number of hydrogen-bond donors (Lipinski definition) is 1. The molecule has 2 rings (SSSR count). The van der Waals surface area contributed by atoms with Crippen molar-refractivity contribution in [3.8, 4) is 5.75 Å². The van der Waals surface area contributed by atoms with Crippen molar-refractivity contribution >= 4 is 21.6 Å². The Balaban J connectivity index is 2.06. The average Bonchev–Trinajstić information content (AvgIpc) is 2.78. The highest BCUT2D eigenvalue weighted by atomic mass is 79.9. The molecule has 3 nitrogen and oxygen atoms in total. The van der Waals surface area contributed by atoms with Gasteiger partial charge in [0.2, 0.25) is 0 Å². The summed E-state index contributed by atoms with van der Waals surface area (Å²) in [6, 6.07) is 6.89. The van der Waals surface area contributed by atoms with Crippen molar-refractivity contribution < 1.29 is 4.74 Å². The Labute approximate surface area is 111 Å². The molecule has 1 atom stereocenters. The van der Waals surface area contributed by atoms with Gasteiger partial charge in [-0.25, -0.2) is 0 Å². The Morgan fingerprint density at radius 2 is 2.35 bits per heavy atom. The van der Waals surface area contributed by atoms with Gasteiger partial charge in [-0.3, -0.25) is 0 Å². The summed E-state index contributed by atoms with van der Waals surface area (Å²) in [5.74, 6) is 0.885. The number of benzene rings is 1. The zero-order valence-electron chi connectivity index (χ0n) is 10.4. The van der Waals surface area contributed by atoms with Crippen LogP contribution in [0.5, 0.6) is 5.75 Å². The van der Waals surface area contributed by atoms with Crippen molar-refractivity contribution in [3.05, 3.63) is 22.7 Å². The molecule has 1 aromatic carbocycles. The Morgan fingerprint density at radius 3 is 3.00 bits per heavy atom. The number of ether oxygens (including phenoxy) is 1. The molecule has 17 heavy (non-hydrogen) atoms. The predicted octanol–water partition coefficient (Wildman–Crippen LogP) is 2.65. The minimum Gasteiger partial charge on any atom is -0.496 e. The standard InChI is InChI=1S/C13H19BrN2O/c1-3-15-10-6-7-16(9-10)11-4-5-13(17-2)12(14)8-11/h4-5,8,10,15H,3,6-7,9H2,1-2H3. The minimum absolute atomic E-state index is 0.626. The molecular weight excluding hydrogens is 280 g/mol. The highest BCUT2D eigenvalue weighted by Gasteiger charge is 2.22. The van der Waals surface area contributed by atoms with E-state index in [-0.39, 0.29) is 0 Å². The third kappa shape index (κ3) is 2.93. The minimum atomic E-state index is 0.626. The molecule has 0 bridgehead atoms. The van der Waals surface area contributed by atoms with Crippen LogP contribution in [0.1, 0.15) is 13.3 Å². The van der Waals surface area contributed by atoms with E-state index in [4.69, 9.17) is 4.74 Å². The molecule has 1 aromatic rings. The predicted molar refractivity (Wildman–Crippen MR) is 75.0 cm³/mol. The molecule has 4 heteroatoms. The van der Waals surface area contributed by atoms with Crippen molar-refractivity contribution in [3.63, 3.8) is 0 Å². The first-order valence-corrected chi connectivity index (χ1v) is 6.85. The molecule has 0 radical (unpaired) electrons. The van der Waals surface area contributed by atoms with E-state index in [9.17, 15) is 0 Å². The Kier molecular flexibility index (Phi) is 4.29. The fourth-order valence-electron chi connectivity index (χ4n) is 2.30. The lowest BCUT2D eigenvalue weighted by molar-refractivity contribution is 0.412. The Bertz CT molecular complexity index is 384. The maximum absolute atomic E-state index is 5.24. The molecule has 1 N–H and O–H groups in total. The molecule has 0 aliphatic carbocycles. The number of hydrogen-bond acceptors (Lipinski definition) is 3. The molecule has 0 amide bonds. The molecule has 94 valence electrons. The van der Waals surface area contributed by atoms with Gasteiger partial charge in [-0.1, -0.05) is 6.92 Å². The first kappa shape index (κ1) is 12.7. The van der Waals surface area contributed by atoms with Crippen LogP contribution in [0.4, 0.5) is 5.69 Å². The van der Waals surface area contributed by atoms with Gasteiger partial charge in [0.25, 0.3) is 0 Å². The van der Waals surface area contributed by atoms with Crippen molar-refractivity contribution in [1.82, 2.24) is 5.32 Å². The van der Waals surface area contributed by atoms with Gasteiger partial charge in [-0.2, -0.15) is 0 Å². The quantitative estimate of drug-likeness (QED) is 0.925. The molecule has 1 aliphatic rings. The SMILES string of the molecule is CCNC1CCN(c2ccc(OC)c(Br)c2)C1. The molecule has 0 spiro atoms. The van der Waals surface area contributed by atoms with Crippen LogP contribution in [0.25, 0.3) is 0 Å². The van der Waals surface area contributed by atoms with Gasteiger partial charge < -0.3 is 15.0 Å². The molecular formula is C13H19BrN2O. The third-order valence-electron chi connectivity index (χ3n) is 3.18. The van der Waals surface area contributed by atoms with Crippen LogP contribution in [-0.2, 0) is 0 Å². The maximum Gasteiger partial charge on any atom is 0.133 e. The van der Waals surface area contributed by atoms with E-state index in [1.165, 1.54) is 12.1 Å². The van der Waals surface area contributed by atoms with Crippen LogP contribution in [0.3, 0.4) is 0 Å². The van der Waals surface area contributed by atoms with Crippen LogP contribution in [-0.4, -0.2) is 32.8 Å². The second-order valence-electron chi connectivity index (χ2n) is 4.31. The van der Waals surface area contributed by atoms with Gasteiger partial charge in [0, 0.05) is 24.8 Å². The van der Waals surface area contributed by atoms with Gasteiger partial charge in [-0.15, -0.1) is 0 Å². The maximum atomic E-state index is 5.24. The lowest BCUT2D eigenvalue weighted by Crippen LogP contribution is -2.32. The summed E-state index contributed by atoms with van der Waals surface area (Å²) < 4.78 is 6.26. The fraction of sp³-hybridized carbons (Fsp3) is 0.538. The Morgan fingerprint density at radius 1 is 1.53 bits per heavy atom. The highest BCUT2D eigenvalue weighted by Crippen LogP contribution is 2.30. The smallest absolute Gasteiger partial charge is 0.133 e. The highest BCUT2D eigenvalue weighted by molar-refractivity contribution is 9.10. The number of rotatable bonds is 4. The summed E-state index contributed by atoms with van der Waals surface area (Å²) in [5.41, 5.74) is 1.26. The number of nitrogens with one attached hydrogen (secondary N) is 1. The van der Waals surface area contributed by atoms with E-state index in [2.05, 4.69) is 45.2 Å². The van der Waals surface area contributed by atoms with Crippen molar-refractivity contribution in [2.24, 2.45) is 0 Å². The summed E-state index contributed by atoms with van der Waals surface area (Å²) in [6.07, 6.45) is 1.22. The van der Waals surface area contributed by atoms with Crippen LogP contribution < -0.4 is 15.0 Å². The third-order valence-corrected chi connectivity index (χ3v) is 3.80. The summed E-state index contributed by atoms with van der Waals surface area (Å²) in [6.45, 7) is 5.42. The van der Waals surface area contributed by atoms with E-state index in [1.807, 2.05) is 6.07 Å². The van der Waals surface area contributed by atoms with Crippen LogP contribution >= 0.6 is 15.9 Å². The second-order valence-corrected chi connectivity index (χ2v) is 5.16. The van der Waals surface area contributed by atoms with Gasteiger partial charge in [0.1, 0.15) is 5.75 Å². The molecule has 0 saturated carbocycles. The molecule has 1 fully saturated rings. The van der Waals surface area contributed by atoms with Crippen LogP contribution in [0.15, 0.2) is 22.7 Å². The molecule has 1 saturated heterocycles. The van der Waals surface area contributed by atoms with Gasteiger partial charge in [0.15, 0.2) is 0 Å². The number of halogens is 1. The second kappa shape index (κ2) is 5.74. The summed E-state index contributed by atoms with van der Waals surface area (Å²) in [7, 11) is 1.69. The number of anilines is 1. The largest absolute Gasteiger partial charge is 0.496 e. The monoisotopic (exact) mass is 298 g/mol. The van der Waals surface area contributed by atoms with Crippen LogP contribution in [0, 0.1) is 0 Å². The summed E-state index contributed by atoms with van der Waals surface area (Å²) >= 11 is 3.53. The molecule has 0 aromatic heterocycles. The van der Waals surface area contributed by atoms with E-state index in [0.717, 1.165) is 29.9 Å². The Hall–Kier alpha value is -0.740. The first-order valence-electron chi connectivity index (χ1n) is 6.06. The fourth-order valence-corrected chi connectivity index (χ4v) is 2.83. The number of likely N-dealkylation sites (N-methyl/N-ethyl adjacent to an activating group) is 1. The normalized spacial score (nSPS) is 19.7. The van der Waals surface area contributed by atoms with Gasteiger partial charge >= 0.3 is 0 Å². The van der Waals surface area contributed by atoms with Gasteiger partial charge in [-0.05, 0) is 47.1 Å². The van der Waals surface area contributed by atoms with E-state index < -0.39 is 0 Å². The summed E-state index contributed by atoms with van der Waals surface area (Å²) in [4.78, 5) is 2.41.